The number of pyridine rings is 1. The summed E-state index contributed by atoms with van der Waals surface area (Å²) < 4.78 is 19.2. The number of anilines is 1. The van der Waals surface area contributed by atoms with Gasteiger partial charge in [0.15, 0.2) is 5.82 Å². The number of halogens is 1. The third-order valence-corrected chi connectivity index (χ3v) is 4.07. The number of benzene rings is 1. The van der Waals surface area contributed by atoms with Crippen molar-refractivity contribution in [3.63, 3.8) is 0 Å². The van der Waals surface area contributed by atoms with Gasteiger partial charge in [-0.25, -0.2) is 14.4 Å². The van der Waals surface area contributed by atoms with E-state index in [-0.39, 0.29) is 18.0 Å². The molecule has 1 N–H and O–H groups in total. The van der Waals surface area contributed by atoms with Gasteiger partial charge in [-0.3, -0.25) is 4.98 Å². The van der Waals surface area contributed by atoms with E-state index in [1.165, 1.54) is 18.5 Å². The molecule has 2 atom stereocenters. The molecule has 2 aromatic heterocycles. The summed E-state index contributed by atoms with van der Waals surface area (Å²) in [5, 5.41) is 3.31. The minimum absolute atomic E-state index is 0.0342. The van der Waals surface area contributed by atoms with Gasteiger partial charge >= 0.3 is 0 Å². The molecule has 3 aromatic rings. The van der Waals surface area contributed by atoms with E-state index < -0.39 is 0 Å². The van der Waals surface area contributed by atoms with Crippen LogP contribution in [0.3, 0.4) is 0 Å². The van der Waals surface area contributed by atoms with Crippen LogP contribution in [0.25, 0.3) is 11.4 Å². The summed E-state index contributed by atoms with van der Waals surface area (Å²) in [6.07, 6.45) is 5.68. The van der Waals surface area contributed by atoms with Crippen molar-refractivity contribution in [1.82, 2.24) is 19.9 Å². The first-order valence-corrected chi connectivity index (χ1v) is 8.02. The van der Waals surface area contributed by atoms with Crippen LogP contribution < -0.4 is 5.32 Å². The van der Waals surface area contributed by atoms with Crippen LogP contribution in [0, 0.1) is 5.82 Å². The fourth-order valence-electron chi connectivity index (χ4n) is 2.91. The quantitative estimate of drug-likeness (QED) is 0.789. The van der Waals surface area contributed by atoms with Gasteiger partial charge in [-0.1, -0.05) is 18.2 Å². The van der Waals surface area contributed by atoms with E-state index in [1.54, 1.807) is 24.5 Å². The predicted molar refractivity (Wildman–Crippen MR) is 90.2 cm³/mol. The van der Waals surface area contributed by atoms with E-state index in [9.17, 15) is 4.39 Å². The third kappa shape index (κ3) is 3.46. The fraction of sp³-hybridized carbons (Fsp3) is 0.222. The second-order valence-corrected chi connectivity index (χ2v) is 5.76. The van der Waals surface area contributed by atoms with Crippen LogP contribution in [-0.2, 0) is 4.74 Å². The Balaban J connectivity index is 1.56. The van der Waals surface area contributed by atoms with Crippen LogP contribution in [-0.4, -0.2) is 32.6 Å². The summed E-state index contributed by atoms with van der Waals surface area (Å²) in [5.74, 6) is 0.542. The molecular formula is C18H16FN5O. The standard InChI is InChI=1S/C18H16FN5O/c19-14-5-1-3-12(9-14)17-21-11-22-18(24-17)23-15-6-8-25-16(15)13-4-2-7-20-10-13/h1-5,7,9-11,15-16H,6,8H2,(H,21,22,23,24)/t15-,16+/m1/s1. The highest BCUT2D eigenvalue weighted by molar-refractivity contribution is 5.55. The third-order valence-electron chi connectivity index (χ3n) is 4.07. The summed E-state index contributed by atoms with van der Waals surface area (Å²) >= 11 is 0. The van der Waals surface area contributed by atoms with Crippen molar-refractivity contribution < 1.29 is 9.13 Å². The maximum absolute atomic E-state index is 13.4. The van der Waals surface area contributed by atoms with E-state index in [0.717, 1.165) is 12.0 Å². The first-order chi connectivity index (χ1) is 12.3. The molecule has 6 nitrogen and oxygen atoms in total. The van der Waals surface area contributed by atoms with E-state index in [2.05, 4.69) is 25.3 Å². The van der Waals surface area contributed by atoms with Gasteiger partial charge < -0.3 is 10.1 Å². The normalized spacial score (nSPS) is 19.7. The minimum atomic E-state index is -0.326. The Morgan fingerprint density at radius 1 is 1.16 bits per heavy atom. The van der Waals surface area contributed by atoms with Crippen LogP contribution in [0.2, 0.25) is 0 Å². The number of nitrogens with one attached hydrogen (secondary N) is 1. The largest absolute Gasteiger partial charge is 0.371 e. The molecule has 0 radical (unpaired) electrons. The van der Waals surface area contributed by atoms with Gasteiger partial charge in [-0.05, 0) is 24.6 Å². The molecular weight excluding hydrogens is 321 g/mol. The van der Waals surface area contributed by atoms with Crippen molar-refractivity contribution in [1.29, 1.82) is 0 Å². The lowest BCUT2D eigenvalue weighted by molar-refractivity contribution is 0.107. The first-order valence-electron chi connectivity index (χ1n) is 8.02. The molecule has 1 aromatic carbocycles. The monoisotopic (exact) mass is 337 g/mol. The fourth-order valence-corrected chi connectivity index (χ4v) is 2.91. The highest BCUT2D eigenvalue weighted by Crippen LogP contribution is 2.30. The molecule has 1 saturated heterocycles. The van der Waals surface area contributed by atoms with Crippen LogP contribution in [0.1, 0.15) is 18.1 Å². The first kappa shape index (κ1) is 15.6. The molecule has 0 unspecified atom stereocenters. The lowest BCUT2D eigenvalue weighted by Gasteiger charge is -2.19. The zero-order valence-corrected chi connectivity index (χ0v) is 13.3. The minimum Gasteiger partial charge on any atom is -0.371 e. The molecule has 0 aliphatic carbocycles. The lowest BCUT2D eigenvalue weighted by atomic mass is 10.0. The zero-order valence-electron chi connectivity index (χ0n) is 13.3. The summed E-state index contributed by atoms with van der Waals surface area (Å²) in [7, 11) is 0. The van der Waals surface area contributed by atoms with Crippen LogP contribution in [0.5, 0.6) is 0 Å². The molecule has 3 heterocycles. The molecule has 0 spiro atoms. The average Bonchev–Trinajstić information content (AvgIpc) is 3.11. The maximum Gasteiger partial charge on any atom is 0.226 e. The Bertz CT molecular complexity index is 861. The number of aromatic nitrogens is 4. The van der Waals surface area contributed by atoms with E-state index >= 15 is 0 Å². The predicted octanol–water partition coefficient (Wildman–Crippen LogP) is 3.01. The molecule has 1 fully saturated rings. The molecule has 25 heavy (non-hydrogen) atoms. The highest BCUT2D eigenvalue weighted by atomic mass is 19.1. The highest BCUT2D eigenvalue weighted by Gasteiger charge is 2.30. The smallest absolute Gasteiger partial charge is 0.226 e. The van der Waals surface area contributed by atoms with Crippen molar-refractivity contribution in [3.05, 3.63) is 66.5 Å². The van der Waals surface area contributed by atoms with Gasteiger partial charge in [-0.15, -0.1) is 0 Å². The average molecular weight is 337 g/mol. The van der Waals surface area contributed by atoms with Gasteiger partial charge in [0.25, 0.3) is 0 Å². The maximum atomic E-state index is 13.4. The second-order valence-electron chi connectivity index (χ2n) is 5.76. The lowest BCUT2D eigenvalue weighted by Crippen LogP contribution is -2.24. The second kappa shape index (κ2) is 6.90. The number of hydrogen-bond donors (Lipinski definition) is 1. The summed E-state index contributed by atoms with van der Waals surface area (Å²) in [6.45, 7) is 0.652. The van der Waals surface area contributed by atoms with Gasteiger partial charge in [0, 0.05) is 30.1 Å². The van der Waals surface area contributed by atoms with Crippen LogP contribution in [0.4, 0.5) is 10.3 Å². The van der Waals surface area contributed by atoms with Gasteiger partial charge in [0.05, 0.1) is 6.04 Å². The van der Waals surface area contributed by atoms with Crippen molar-refractivity contribution >= 4 is 5.95 Å². The SMILES string of the molecule is Fc1cccc(-c2ncnc(N[C@@H]3CCO[C@H]3c3cccnc3)n2)c1. The zero-order chi connectivity index (χ0) is 17.1. The van der Waals surface area contributed by atoms with Crippen molar-refractivity contribution in [2.45, 2.75) is 18.6 Å². The molecule has 1 aliphatic rings. The van der Waals surface area contributed by atoms with E-state index in [0.29, 0.717) is 23.9 Å². The van der Waals surface area contributed by atoms with Crippen LogP contribution >= 0.6 is 0 Å². The number of ether oxygens (including phenoxy) is 1. The van der Waals surface area contributed by atoms with Gasteiger partial charge in [-0.2, -0.15) is 4.98 Å². The van der Waals surface area contributed by atoms with Crippen molar-refractivity contribution in [2.75, 3.05) is 11.9 Å². The van der Waals surface area contributed by atoms with Crippen LogP contribution in [0.15, 0.2) is 55.1 Å². The Kier molecular flexibility index (Phi) is 4.30. The molecule has 0 amide bonds. The summed E-state index contributed by atoms with van der Waals surface area (Å²) in [4.78, 5) is 16.9. The molecule has 1 aliphatic heterocycles. The molecule has 0 saturated carbocycles. The number of nitrogens with zero attached hydrogens (tertiary/aromatic N) is 4. The molecule has 7 heteroatoms. The Hall–Kier alpha value is -2.93. The van der Waals surface area contributed by atoms with Crippen molar-refractivity contribution in [2.24, 2.45) is 0 Å². The van der Waals surface area contributed by atoms with Crippen molar-refractivity contribution in [3.8, 4) is 11.4 Å². The number of rotatable bonds is 4. The van der Waals surface area contributed by atoms with Gasteiger partial charge in [0.2, 0.25) is 5.95 Å². The van der Waals surface area contributed by atoms with E-state index in [1.807, 2.05) is 12.1 Å². The molecule has 0 bridgehead atoms. The Labute approximate surface area is 144 Å². The van der Waals surface area contributed by atoms with Gasteiger partial charge in [0.1, 0.15) is 18.2 Å². The number of hydrogen-bond acceptors (Lipinski definition) is 6. The topological polar surface area (TPSA) is 72.8 Å². The molecule has 4 rings (SSSR count). The molecule has 126 valence electrons. The Morgan fingerprint density at radius 2 is 2.12 bits per heavy atom. The summed E-state index contributed by atoms with van der Waals surface area (Å²) in [6, 6.07) is 10.1. The Morgan fingerprint density at radius 3 is 2.96 bits per heavy atom. The summed E-state index contributed by atoms with van der Waals surface area (Å²) in [5.41, 5.74) is 1.62. The van der Waals surface area contributed by atoms with E-state index in [4.69, 9.17) is 4.74 Å².